The van der Waals surface area contributed by atoms with E-state index in [4.69, 9.17) is 4.52 Å². The number of nitrogens with zero attached hydrogens (tertiary/aromatic N) is 2. The highest BCUT2D eigenvalue weighted by molar-refractivity contribution is 5.77. The molecule has 0 aliphatic heterocycles. The second-order valence-corrected chi connectivity index (χ2v) is 5.90. The topological polar surface area (TPSA) is 88.2 Å². The number of aromatic nitrogens is 2. The Morgan fingerprint density at radius 3 is 2.75 bits per heavy atom. The summed E-state index contributed by atoms with van der Waals surface area (Å²) in [6, 6.07) is 0. The molecule has 0 atom stereocenters. The number of aliphatic hydroxyl groups is 1. The van der Waals surface area contributed by atoms with Crippen LogP contribution in [0.25, 0.3) is 0 Å². The molecule has 0 spiro atoms. The lowest BCUT2D eigenvalue weighted by atomic mass is 9.77. The summed E-state index contributed by atoms with van der Waals surface area (Å²) in [5.41, 5.74) is -0.436. The minimum atomic E-state index is -0.436. The van der Waals surface area contributed by atoms with E-state index in [0.29, 0.717) is 30.5 Å². The molecule has 1 saturated carbocycles. The summed E-state index contributed by atoms with van der Waals surface area (Å²) in [5.74, 6) is 1.67. The van der Waals surface area contributed by atoms with Crippen molar-refractivity contribution in [1.82, 2.24) is 15.5 Å². The molecular weight excluding hydrogens is 258 g/mol. The summed E-state index contributed by atoms with van der Waals surface area (Å²) >= 11 is 0. The first-order valence-corrected chi connectivity index (χ1v) is 7.24. The molecule has 0 unspecified atom stereocenters. The number of hydrogen-bond donors (Lipinski definition) is 2. The van der Waals surface area contributed by atoms with E-state index in [-0.39, 0.29) is 12.5 Å². The summed E-state index contributed by atoms with van der Waals surface area (Å²) in [7, 11) is 0. The Morgan fingerprint density at radius 1 is 1.50 bits per heavy atom. The van der Waals surface area contributed by atoms with Gasteiger partial charge in [-0.2, -0.15) is 4.98 Å². The molecule has 112 valence electrons. The van der Waals surface area contributed by atoms with E-state index in [1.807, 2.05) is 0 Å². The van der Waals surface area contributed by atoms with Gasteiger partial charge in [0.1, 0.15) is 0 Å². The summed E-state index contributed by atoms with van der Waals surface area (Å²) < 4.78 is 4.98. The third-order valence-electron chi connectivity index (χ3n) is 4.07. The molecule has 2 rings (SSSR count). The lowest BCUT2D eigenvalue weighted by Crippen LogP contribution is -2.53. The van der Waals surface area contributed by atoms with Crippen LogP contribution in [-0.2, 0) is 11.2 Å². The van der Waals surface area contributed by atoms with Gasteiger partial charge in [-0.15, -0.1) is 0 Å². The Balaban J connectivity index is 1.83. The SMILES string of the molecule is Cc1noc(CCC(=O)NC2(CO)CCC(C)CC2)n1. The van der Waals surface area contributed by atoms with Gasteiger partial charge >= 0.3 is 0 Å². The Kier molecular flexibility index (Phi) is 4.75. The van der Waals surface area contributed by atoms with E-state index in [0.717, 1.165) is 25.7 Å². The molecule has 1 aliphatic rings. The number of hydrogen-bond acceptors (Lipinski definition) is 5. The normalized spacial score (nSPS) is 26.4. The van der Waals surface area contributed by atoms with Gasteiger partial charge in [-0.3, -0.25) is 4.79 Å². The van der Waals surface area contributed by atoms with Crippen LogP contribution in [0.15, 0.2) is 4.52 Å². The molecule has 2 N–H and O–H groups in total. The highest BCUT2D eigenvalue weighted by atomic mass is 16.5. The maximum atomic E-state index is 12.0. The smallest absolute Gasteiger partial charge is 0.227 e. The van der Waals surface area contributed by atoms with Gasteiger partial charge in [0.05, 0.1) is 12.1 Å². The van der Waals surface area contributed by atoms with Crippen molar-refractivity contribution in [2.24, 2.45) is 5.92 Å². The molecular formula is C14H23N3O3. The van der Waals surface area contributed by atoms with Gasteiger partial charge < -0.3 is 14.9 Å². The van der Waals surface area contributed by atoms with Gasteiger partial charge in [-0.1, -0.05) is 12.1 Å². The van der Waals surface area contributed by atoms with Crippen LogP contribution in [0.2, 0.25) is 0 Å². The summed E-state index contributed by atoms with van der Waals surface area (Å²) in [5, 5.41) is 16.3. The monoisotopic (exact) mass is 281 g/mol. The molecule has 1 aromatic heterocycles. The second kappa shape index (κ2) is 6.35. The predicted octanol–water partition coefficient (Wildman–Crippen LogP) is 1.37. The molecule has 0 radical (unpaired) electrons. The number of carbonyl (C=O) groups is 1. The average Bonchev–Trinajstić information content (AvgIpc) is 2.85. The highest BCUT2D eigenvalue weighted by Gasteiger charge is 2.34. The van der Waals surface area contributed by atoms with Gasteiger partial charge in [0.25, 0.3) is 0 Å². The average molecular weight is 281 g/mol. The van der Waals surface area contributed by atoms with Crippen molar-refractivity contribution in [3.05, 3.63) is 11.7 Å². The van der Waals surface area contributed by atoms with Gasteiger partial charge in [0, 0.05) is 12.8 Å². The van der Waals surface area contributed by atoms with Gasteiger partial charge in [-0.05, 0) is 38.5 Å². The van der Waals surface area contributed by atoms with E-state index in [2.05, 4.69) is 22.4 Å². The molecule has 1 amide bonds. The molecule has 1 aliphatic carbocycles. The predicted molar refractivity (Wildman–Crippen MR) is 72.9 cm³/mol. The van der Waals surface area contributed by atoms with E-state index in [9.17, 15) is 9.90 Å². The molecule has 0 saturated heterocycles. The third-order valence-corrected chi connectivity index (χ3v) is 4.07. The summed E-state index contributed by atoms with van der Waals surface area (Å²) in [6.45, 7) is 3.96. The van der Waals surface area contributed by atoms with Crippen LogP contribution < -0.4 is 5.32 Å². The van der Waals surface area contributed by atoms with E-state index < -0.39 is 5.54 Å². The van der Waals surface area contributed by atoms with E-state index in [1.54, 1.807) is 6.92 Å². The largest absolute Gasteiger partial charge is 0.394 e. The fourth-order valence-corrected chi connectivity index (χ4v) is 2.66. The van der Waals surface area contributed by atoms with Crippen LogP contribution in [0.3, 0.4) is 0 Å². The highest BCUT2D eigenvalue weighted by Crippen LogP contribution is 2.31. The quantitative estimate of drug-likeness (QED) is 0.851. The van der Waals surface area contributed by atoms with Crippen LogP contribution in [0.5, 0.6) is 0 Å². The van der Waals surface area contributed by atoms with Crippen molar-refractivity contribution >= 4 is 5.91 Å². The number of nitrogens with one attached hydrogen (secondary N) is 1. The Hall–Kier alpha value is -1.43. The first kappa shape index (κ1) is 15.0. The van der Waals surface area contributed by atoms with Crippen molar-refractivity contribution in [3.8, 4) is 0 Å². The molecule has 20 heavy (non-hydrogen) atoms. The third kappa shape index (κ3) is 3.79. The number of aryl methyl sites for hydroxylation is 2. The standard InChI is InChI=1S/C14H23N3O3/c1-10-5-7-14(9-18,8-6-10)16-12(19)3-4-13-15-11(2)17-20-13/h10,18H,3-9H2,1-2H3,(H,16,19). The first-order chi connectivity index (χ1) is 9.53. The van der Waals surface area contributed by atoms with Crippen LogP contribution >= 0.6 is 0 Å². The van der Waals surface area contributed by atoms with Crippen molar-refractivity contribution < 1.29 is 14.4 Å². The molecule has 0 bridgehead atoms. The van der Waals surface area contributed by atoms with Crippen molar-refractivity contribution in [2.45, 2.75) is 57.9 Å². The van der Waals surface area contributed by atoms with Gasteiger partial charge in [0.2, 0.25) is 11.8 Å². The van der Waals surface area contributed by atoms with Crippen molar-refractivity contribution in [2.75, 3.05) is 6.61 Å². The van der Waals surface area contributed by atoms with Crippen LogP contribution in [0, 0.1) is 12.8 Å². The van der Waals surface area contributed by atoms with Gasteiger partial charge in [-0.25, -0.2) is 0 Å². The zero-order valence-corrected chi connectivity index (χ0v) is 12.2. The first-order valence-electron chi connectivity index (χ1n) is 7.24. The Labute approximate surface area is 118 Å². The van der Waals surface area contributed by atoms with E-state index in [1.165, 1.54) is 0 Å². The molecule has 1 heterocycles. The number of amides is 1. The zero-order chi connectivity index (χ0) is 14.6. The van der Waals surface area contributed by atoms with Crippen LogP contribution in [0.1, 0.15) is 50.7 Å². The fraction of sp³-hybridized carbons (Fsp3) is 0.786. The van der Waals surface area contributed by atoms with Crippen molar-refractivity contribution in [1.29, 1.82) is 0 Å². The number of rotatable bonds is 5. The lowest BCUT2D eigenvalue weighted by Gasteiger charge is -2.38. The maximum Gasteiger partial charge on any atom is 0.227 e. The van der Waals surface area contributed by atoms with Crippen LogP contribution in [-0.4, -0.2) is 33.3 Å². The van der Waals surface area contributed by atoms with Crippen LogP contribution in [0.4, 0.5) is 0 Å². The maximum absolute atomic E-state index is 12.0. The lowest BCUT2D eigenvalue weighted by molar-refractivity contribution is -0.124. The Bertz CT molecular complexity index is 450. The van der Waals surface area contributed by atoms with Crippen molar-refractivity contribution in [3.63, 3.8) is 0 Å². The molecule has 0 aromatic carbocycles. The fourth-order valence-electron chi connectivity index (χ4n) is 2.66. The second-order valence-electron chi connectivity index (χ2n) is 5.90. The zero-order valence-electron chi connectivity index (χ0n) is 12.2. The van der Waals surface area contributed by atoms with E-state index >= 15 is 0 Å². The van der Waals surface area contributed by atoms with Gasteiger partial charge in [0.15, 0.2) is 5.82 Å². The molecule has 1 fully saturated rings. The summed E-state index contributed by atoms with van der Waals surface area (Å²) in [4.78, 5) is 16.1. The number of aliphatic hydroxyl groups excluding tert-OH is 1. The minimum absolute atomic E-state index is 0.00509. The number of carbonyl (C=O) groups excluding carboxylic acids is 1. The Morgan fingerprint density at radius 2 is 2.20 bits per heavy atom. The molecule has 6 nitrogen and oxygen atoms in total. The molecule has 6 heteroatoms. The minimum Gasteiger partial charge on any atom is -0.394 e. The summed E-state index contributed by atoms with van der Waals surface area (Å²) in [6.07, 6.45) is 4.52. The molecule has 1 aromatic rings.